The van der Waals surface area contributed by atoms with E-state index in [0.29, 0.717) is 6.54 Å². The Bertz CT molecular complexity index is 472. The van der Waals surface area contributed by atoms with Crippen molar-refractivity contribution >= 4 is 17.6 Å². The van der Waals surface area contributed by atoms with Gasteiger partial charge in [0.2, 0.25) is 0 Å². The first-order chi connectivity index (χ1) is 8.59. The molecule has 96 valence electrons. The first-order valence-electron chi connectivity index (χ1n) is 5.88. The molecule has 1 aromatic rings. The number of para-hydroxylation sites is 1. The highest BCUT2D eigenvalue weighted by atomic mass is 16.4. The van der Waals surface area contributed by atoms with Crippen LogP contribution in [0.1, 0.15) is 18.4 Å². The first kappa shape index (κ1) is 12.4. The van der Waals surface area contributed by atoms with Gasteiger partial charge >= 0.3 is 11.9 Å². The maximum Gasteiger partial charge on any atom is 0.326 e. The number of carboxylic acids is 2. The third-order valence-electron chi connectivity index (χ3n) is 3.22. The van der Waals surface area contributed by atoms with Crippen LogP contribution in [0.15, 0.2) is 24.3 Å². The summed E-state index contributed by atoms with van der Waals surface area (Å²) in [7, 11) is 0. The van der Waals surface area contributed by atoms with Gasteiger partial charge < -0.3 is 15.1 Å². The molecular weight excluding hydrogens is 234 g/mol. The van der Waals surface area contributed by atoms with Gasteiger partial charge in [-0.25, -0.2) is 4.79 Å². The van der Waals surface area contributed by atoms with Crippen molar-refractivity contribution in [2.45, 2.75) is 25.3 Å². The zero-order valence-corrected chi connectivity index (χ0v) is 9.87. The molecule has 0 aromatic heterocycles. The minimum atomic E-state index is -0.965. The minimum absolute atomic E-state index is 0.124. The van der Waals surface area contributed by atoms with Gasteiger partial charge in [-0.1, -0.05) is 18.2 Å². The highest BCUT2D eigenvalue weighted by molar-refractivity contribution is 5.80. The summed E-state index contributed by atoms with van der Waals surface area (Å²) < 4.78 is 0. The lowest BCUT2D eigenvalue weighted by molar-refractivity contribution is -0.139. The predicted octanol–water partition coefficient (Wildman–Crippen LogP) is 1.37. The maximum absolute atomic E-state index is 11.3. The Hall–Kier alpha value is -2.04. The fraction of sp³-hybridized carbons (Fsp3) is 0.385. The standard InChI is InChI=1S/C13H15NO4/c15-12(16)6-5-11(13(17)18)14-8-7-9-3-1-2-4-10(9)14/h1-4,11H,5-8H2,(H,15,16)(H,17,18). The summed E-state index contributed by atoms with van der Waals surface area (Å²) in [5.74, 6) is -1.93. The summed E-state index contributed by atoms with van der Waals surface area (Å²) in [5, 5.41) is 17.9. The molecule has 0 spiro atoms. The van der Waals surface area contributed by atoms with Crippen molar-refractivity contribution in [2.24, 2.45) is 0 Å². The zero-order chi connectivity index (χ0) is 13.1. The summed E-state index contributed by atoms with van der Waals surface area (Å²) in [4.78, 5) is 23.6. The van der Waals surface area contributed by atoms with Crippen molar-refractivity contribution in [2.75, 3.05) is 11.4 Å². The van der Waals surface area contributed by atoms with E-state index in [1.54, 1.807) is 4.90 Å². The average Bonchev–Trinajstić information content (AvgIpc) is 2.73. The lowest BCUT2D eigenvalue weighted by Crippen LogP contribution is -2.40. The summed E-state index contributed by atoms with van der Waals surface area (Å²) in [6, 6.07) is 6.90. The Morgan fingerprint density at radius 3 is 2.67 bits per heavy atom. The number of fused-ring (bicyclic) bond motifs is 1. The van der Waals surface area contributed by atoms with Crippen LogP contribution < -0.4 is 4.90 Å². The lowest BCUT2D eigenvalue weighted by atomic mass is 10.1. The largest absolute Gasteiger partial charge is 0.481 e. The predicted molar refractivity (Wildman–Crippen MR) is 65.8 cm³/mol. The van der Waals surface area contributed by atoms with Gasteiger partial charge in [0.15, 0.2) is 0 Å². The third kappa shape index (κ3) is 2.45. The molecule has 0 fully saturated rings. The number of aliphatic carboxylic acids is 2. The van der Waals surface area contributed by atoms with Crippen LogP contribution >= 0.6 is 0 Å². The molecule has 0 amide bonds. The summed E-state index contributed by atoms with van der Waals surface area (Å²) in [5.41, 5.74) is 2.04. The Morgan fingerprint density at radius 2 is 2.00 bits per heavy atom. The zero-order valence-electron chi connectivity index (χ0n) is 9.87. The molecular formula is C13H15NO4. The van der Waals surface area contributed by atoms with Gasteiger partial charge in [0.05, 0.1) is 0 Å². The van der Waals surface area contributed by atoms with Crippen LogP contribution in [0.3, 0.4) is 0 Å². The lowest BCUT2D eigenvalue weighted by Gasteiger charge is -2.26. The quantitative estimate of drug-likeness (QED) is 0.824. The molecule has 2 rings (SSSR count). The van der Waals surface area contributed by atoms with E-state index in [1.165, 1.54) is 0 Å². The second kappa shape index (κ2) is 5.08. The molecule has 0 saturated heterocycles. The van der Waals surface area contributed by atoms with Gasteiger partial charge in [-0.15, -0.1) is 0 Å². The van der Waals surface area contributed by atoms with E-state index >= 15 is 0 Å². The Labute approximate surface area is 105 Å². The van der Waals surface area contributed by atoms with Crippen LogP contribution in [-0.4, -0.2) is 34.7 Å². The van der Waals surface area contributed by atoms with Gasteiger partial charge in [-0.2, -0.15) is 0 Å². The normalized spacial score (nSPS) is 15.2. The molecule has 1 heterocycles. The number of hydrogen-bond acceptors (Lipinski definition) is 3. The van der Waals surface area contributed by atoms with Gasteiger partial charge in [-0.05, 0) is 24.5 Å². The summed E-state index contributed by atoms with van der Waals surface area (Å²) in [6.45, 7) is 0.635. The second-order valence-corrected chi connectivity index (χ2v) is 4.36. The molecule has 0 aliphatic carbocycles. The Kier molecular flexibility index (Phi) is 3.50. The number of carbonyl (C=O) groups is 2. The molecule has 5 heteroatoms. The third-order valence-corrected chi connectivity index (χ3v) is 3.22. The Balaban J connectivity index is 2.18. The summed E-state index contributed by atoms with van der Waals surface area (Å²) >= 11 is 0. The molecule has 18 heavy (non-hydrogen) atoms. The number of hydrogen-bond donors (Lipinski definition) is 2. The highest BCUT2D eigenvalue weighted by Crippen LogP contribution is 2.30. The molecule has 1 aliphatic heterocycles. The van der Waals surface area contributed by atoms with E-state index < -0.39 is 18.0 Å². The Morgan fingerprint density at radius 1 is 1.28 bits per heavy atom. The molecule has 0 saturated carbocycles. The van der Waals surface area contributed by atoms with Crippen LogP contribution in [0.25, 0.3) is 0 Å². The van der Waals surface area contributed by atoms with Gasteiger partial charge in [0, 0.05) is 18.7 Å². The SMILES string of the molecule is O=C(O)CCC(C(=O)O)N1CCc2ccccc21. The highest BCUT2D eigenvalue weighted by Gasteiger charge is 2.30. The first-order valence-corrected chi connectivity index (χ1v) is 5.88. The van der Waals surface area contributed by atoms with Crippen molar-refractivity contribution in [1.82, 2.24) is 0 Å². The summed E-state index contributed by atoms with van der Waals surface area (Å²) in [6.07, 6.45) is 0.807. The topological polar surface area (TPSA) is 77.8 Å². The van der Waals surface area contributed by atoms with E-state index in [2.05, 4.69) is 0 Å². The molecule has 1 aromatic carbocycles. The van der Waals surface area contributed by atoms with Crippen molar-refractivity contribution in [3.63, 3.8) is 0 Å². The van der Waals surface area contributed by atoms with Crippen LogP contribution in [0.2, 0.25) is 0 Å². The minimum Gasteiger partial charge on any atom is -0.481 e. The van der Waals surface area contributed by atoms with Gasteiger partial charge in [-0.3, -0.25) is 4.79 Å². The van der Waals surface area contributed by atoms with Crippen LogP contribution in [0.4, 0.5) is 5.69 Å². The number of nitrogens with zero attached hydrogens (tertiary/aromatic N) is 1. The number of benzene rings is 1. The number of carboxylic acid groups (broad SMARTS) is 2. The van der Waals surface area contributed by atoms with Crippen molar-refractivity contribution < 1.29 is 19.8 Å². The van der Waals surface area contributed by atoms with Gasteiger partial charge in [0.25, 0.3) is 0 Å². The van der Waals surface area contributed by atoms with E-state index in [-0.39, 0.29) is 12.8 Å². The van der Waals surface area contributed by atoms with E-state index in [1.807, 2.05) is 24.3 Å². The molecule has 1 aliphatic rings. The van der Waals surface area contributed by atoms with Crippen LogP contribution in [-0.2, 0) is 16.0 Å². The number of rotatable bonds is 5. The smallest absolute Gasteiger partial charge is 0.326 e. The molecule has 1 unspecified atom stereocenters. The number of anilines is 1. The fourth-order valence-electron chi connectivity index (χ4n) is 2.36. The van der Waals surface area contributed by atoms with Gasteiger partial charge in [0.1, 0.15) is 6.04 Å². The maximum atomic E-state index is 11.3. The van der Waals surface area contributed by atoms with Crippen molar-refractivity contribution in [3.8, 4) is 0 Å². The van der Waals surface area contributed by atoms with Crippen LogP contribution in [0.5, 0.6) is 0 Å². The van der Waals surface area contributed by atoms with E-state index in [0.717, 1.165) is 17.7 Å². The fourth-order valence-corrected chi connectivity index (χ4v) is 2.36. The van der Waals surface area contributed by atoms with E-state index in [9.17, 15) is 14.7 Å². The monoisotopic (exact) mass is 249 g/mol. The van der Waals surface area contributed by atoms with E-state index in [4.69, 9.17) is 5.11 Å². The second-order valence-electron chi connectivity index (χ2n) is 4.36. The van der Waals surface area contributed by atoms with Crippen molar-refractivity contribution in [1.29, 1.82) is 0 Å². The average molecular weight is 249 g/mol. The molecule has 1 atom stereocenters. The molecule has 0 bridgehead atoms. The molecule has 0 radical (unpaired) electrons. The molecule has 5 nitrogen and oxygen atoms in total. The molecule has 2 N–H and O–H groups in total. The van der Waals surface area contributed by atoms with Crippen LogP contribution in [0, 0.1) is 0 Å². The van der Waals surface area contributed by atoms with Crippen molar-refractivity contribution in [3.05, 3.63) is 29.8 Å².